The van der Waals surface area contributed by atoms with Crippen LogP contribution in [0.5, 0.6) is 0 Å². The third-order valence-electron chi connectivity index (χ3n) is 5.17. The van der Waals surface area contributed by atoms with E-state index in [0.29, 0.717) is 16.1 Å². The molecule has 136 valence electrons. The maximum absolute atomic E-state index is 13.1. The van der Waals surface area contributed by atoms with Crippen LogP contribution in [0.1, 0.15) is 34.3 Å². The highest BCUT2D eigenvalue weighted by atomic mass is 32.1. The van der Waals surface area contributed by atoms with Crippen LogP contribution in [0.2, 0.25) is 0 Å². The number of nitrogen functional groups attached to an aromatic ring is 1. The Hall–Kier alpha value is -2.72. The van der Waals surface area contributed by atoms with Crippen molar-refractivity contribution in [3.05, 3.63) is 83.0 Å². The van der Waals surface area contributed by atoms with Crippen LogP contribution < -0.4 is 11.1 Å². The Labute approximate surface area is 165 Å². The van der Waals surface area contributed by atoms with E-state index in [1.165, 1.54) is 5.56 Å². The van der Waals surface area contributed by atoms with E-state index in [-0.39, 0.29) is 5.78 Å². The second-order valence-electron chi connectivity index (χ2n) is 6.89. The molecular weight excluding hydrogens is 352 g/mol. The number of carbonyl (C=O) groups is 1. The standard InChI is InChI=1S/C23H22N2OS/c1-14-16-9-5-6-10-17(16)23(26)21-20(14)18(13-19(27)22(21)24)25-12-11-15-7-3-2-4-8-15/h2-4,7-10,13,25,27H,1,5-6,11-12,24H2. The van der Waals surface area contributed by atoms with Crippen LogP contribution in [-0.4, -0.2) is 12.3 Å². The molecule has 0 saturated heterocycles. The zero-order valence-electron chi connectivity index (χ0n) is 15.1. The SMILES string of the molecule is C=C1C2=CCCC=C2C(=O)c2c(N)c(S)cc(NCCc3ccccc3)c21. The second kappa shape index (κ2) is 7.12. The molecular formula is C23H22N2OS. The van der Waals surface area contributed by atoms with Crippen molar-refractivity contribution in [3.8, 4) is 0 Å². The molecule has 2 aliphatic rings. The average molecular weight is 375 g/mol. The van der Waals surface area contributed by atoms with Crippen molar-refractivity contribution in [1.82, 2.24) is 0 Å². The largest absolute Gasteiger partial charge is 0.397 e. The van der Waals surface area contributed by atoms with Gasteiger partial charge >= 0.3 is 0 Å². The van der Waals surface area contributed by atoms with E-state index < -0.39 is 0 Å². The van der Waals surface area contributed by atoms with E-state index in [9.17, 15) is 4.79 Å². The number of nitrogens with two attached hydrogens (primary N) is 1. The summed E-state index contributed by atoms with van der Waals surface area (Å²) in [5, 5.41) is 3.47. The monoisotopic (exact) mass is 374 g/mol. The lowest BCUT2D eigenvalue weighted by Crippen LogP contribution is -2.21. The van der Waals surface area contributed by atoms with Crippen molar-refractivity contribution in [2.45, 2.75) is 24.2 Å². The molecule has 2 aliphatic carbocycles. The quantitative estimate of drug-likeness (QED) is 0.517. The Morgan fingerprint density at radius 2 is 1.78 bits per heavy atom. The van der Waals surface area contributed by atoms with Gasteiger partial charge in [-0.1, -0.05) is 49.1 Å². The van der Waals surface area contributed by atoms with E-state index >= 15 is 0 Å². The first-order valence-corrected chi connectivity index (χ1v) is 9.61. The topological polar surface area (TPSA) is 55.1 Å². The van der Waals surface area contributed by atoms with E-state index in [4.69, 9.17) is 5.73 Å². The third kappa shape index (κ3) is 3.10. The molecule has 0 fully saturated rings. The number of Topliss-reactive ketones (excluding diaryl/α,β-unsaturated/α-hetero) is 1. The predicted molar refractivity (Wildman–Crippen MR) is 116 cm³/mol. The summed E-state index contributed by atoms with van der Waals surface area (Å²) in [7, 11) is 0. The van der Waals surface area contributed by atoms with E-state index in [0.717, 1.165) is 53.8 Å². The summed E-state index contributed by atoms with van der Waals surface area (Å²) in [5.74, 6) is -0.0251. The fourth-order valence-electron chi connectivity index (χ4n) is 3.80. The summed E-state index contributed by atoms with van der Waals surface area (Å²) in [6, 6.07) is 12.2. The molecule has 0 spiro atoms. The molecule has 4 rings (SSSR count). The first-order valence-electron chi connectivity index (χ1n) is 9.16. The zero-order chi connectivity index (χ0) is 19.0. The number of hydrogen-bond acceptors (Lipinski definition) is 4. The van der Waals surface area contributed by atoms with Crippen LogP contribution in [0.3, 0.4) is 0 Å². The minimum Gasteiger partial charge on any atom is -0.397 e. The van der Waals surface area contributed by atoms with Gasteiger partial charge in [0.05, 0.1) is 11.3 Å². The average Bonchev–Trinajstić information content (AvgIpc) is 2.69. The van der Waals surface area contributed by atoms with Crippen molar-refractivity contribution in [2.75, 3.05) is 17.6 Å². The Bertz CT molecular complexity index is 1000. The van der Waals surface area contributed by atoms with Gasteiger partial charge in [0, 0.05) is 28.3 Å². The molecule has 2 aromatic rings. The molecule has 27 heavy (non-hydrogen) atoms. The molecule has 0 heterocycles. The number of thiol groups is 1. The summed E-state index contributed by atoms with van der Waals surface area (Å²) >= 11 is 4.50. The molecule has 2 aromatic carbocycles. The molecule has 3 N–H and O–H groups in total. The van der Waals surface area contributed by atoms with Crippen molar-refractivity contribution < 1.29 is 4.79 Å². The van der Waals surface area contributed by atoms with Gasteiger partial charge in [0.1, 0.15) is 0 Å². The van der Waals surface area contributed by atoms with Gasteiger partial charge in [0.15, 0.2) is 5.78 Å². The lowest BCUT2D eigenvalue weighted by Gasteiger charge is -2.29. The normalized spacial score (nSPS) is 15.6. The van der Waals surface area contributed by atoms with Gasteiger partial charge in [-0.25, -0.2) is 0 Å². The number of ketones is 1. The number of carbonyl (C=O) groups excluding carboxylic acids is 1. The lowest BCUT2D eigenvalue weighted by atomic mass is 9.76. The Kier molecular flexibility index (Phi) is 4.66. The third-order valence-corrected chi connectivity index (χ3v) is 5.54. The van der Waals surface area contributed by atoms with Crippen LogP contribution in [0, 0.1) is 0 Å². The van der Waals surface area contributed by atoms with Crippen LogP contribution in [0.4, 0.5) is 11.4 Å². The summed E-state index contributed by atoms with van der Waals surface area (Å²) < 4.78 is 0. The number of nitrogens with one attached hydrogen (secondary N) is 1. The summed E-state index contributed by atoms with van der Waals surface area (Å²) in [6.45, 7) is 5.04. The Morgan fingerprint density at radius 1 is 1.07 bits per heavy atom. The molecule has 0 saturated carbocycles. The summed E-state index contributed by atoms with van der Waals surface area (Å²) in [4.78, 5) is 13.7. The minimum absolute atomic E-state index is 0.0251. The van der Waals surface area contributed by atoms with Gasteiger partial charge in [-0.3, -0.25) is 4.79 Å². The number of anilines is 2. The number of rotatable bonds is 4. The van der Waals surface area contributed by atoms with Crippen molar-refractivity contribution in [3.63, 3.8) is 0 Å². The Morgan fingerprint density at radius 3 is 2.52 bits per heavy atom. The highest BCUT2D eigenvalue weighted by Gasteiger charge is 2.33. The second-order valence-corrected chi connectivity index (χ2v) is 7.37. The molecule has 0 bridgehead atoms. The number of benzene rings is 2. The fourth-order valence-corrected chi connectivity index (χ4v) is 4.05. The van der Waals surface area contributed by atoms with Gasteiger partial charge < -0.3 is 11.1 Å². The maximum Gasteiger partial charge on any atom is 0.196 e. The van der Waals surface area contributed by atoms with Crippen LogP contribution >= 0.6 is 12.6 Å². The highest BCUT2D eigenvalue weighted by Crippen LogP contribution is 2.46. The molecule has 0 aliphatic heterocycles. The van der Waals surface area contributed by atoms with E-state index in [1.807, 2.05) is 30.3 Å². The van der Waals surface area contributed by atoms with Gasteiger partial charge in [0.2, 0.25) is 0 Å². The van der Waals surface area contributed by atoms with Crippen LogP contribution in [-0.2, 0) is 6.42 Å². The molecule has 0 amide bonds. The highest BCUT2D eigenvalue weighted by molar-refractivity contribution is 7.80. The van der Waals surface area contributed by atoms with Gasteiger partial charge in [0.25, 0.3) is 0 Å². The van der Waals surface area contributed by atoms with Gasteiger partial charge in [-0.15, -0.1) is 12.6 Å². The van der Waals surface area contributed by atoms with E-state index in [1.54, 1.807) is 0 Å². The summed E-state index contributed by atoms with van der Waals surface area (Å²) in [6.07, 6.45) is 6.79. The van der Waals surface area contributed by atoms with E-state index in [2.05, 4.69) is 42.7 Å². The number of hydrogen-bond donors (Lipinski definition) is 3. The summed E-state index contributed by atoms with van der Waals surface area (Å²) in [5.41, 5.74) is 12.7. The lowest BCUT2D eigenvalue weighted by molar-refractivity contribution is 0.103. The molecule has 3 nitrogen and oxygen atoms in total. The predicted octanol–water partition coefficient (Wildman–Crippen LogP) is 5.07. The first kappa shape index (κ1) is 17.7. The molecule has 0 aromatic heterocycles. The first-order chi connectivity index (χ1) is 13.1. The van der Waals surface area contributed by atoms with Crippen LogP contribution in [0.15, 0.2) is 71.2 Å². The minimum atomic E-state index is -0.0251. The molecule has 0 atom stereocenters. The fraction of sp³-hybridized carbons (Fsp3) is 0.174. The number of allylic oxidation sites excluding steroid dienone is 5. The zero-order valence-corrected chi connectivity index (χ0v) is 16.0. The number of fused-ring (bicyclic) bond motifs is 2. The van der Waals surface area contributed by atoms with Crippen molar-refractivity contribution in [1.29, 1.82) is 0 Å². The maximum atomic E-state index is 13.1. The van der Waals surface area contributed by atoms with Gasteiger partial charge in [-0.05, 0) is 42.0 Å². The smallest absolute Gasteiger partial charge is 0.196 e. The van der Waals surface area contributed by atoms with Crippen molar-refractivity contribution >= 4 is 35.4 Å². The molecule has 4 heteroatoms. The van der Waals surface area contributed by atoms with Crippen molar-refractivity contribution in [2.24, 2.45) is 0 Å². The Balaban J connectivity index is 1.72. The molecule has 0 unspecified atom stereocenters. The van der Waals surface area contributed by atoms with Gasteiger partial charge in [-0.2, -0.15) is 0 Å². The molecule has 0 radical (unpaired) electrons. The van der Waals surface area contributed by atoms with Crippen LogP contribution in [0.25, 0.3) is 5.57 Å².